The lowest BCUT2D eigenvalue weighted by molar-refractivity contribution is -0.0356. The van der Waals surface area contributed by atoms with Gasteiger partial charge in [0.15, 0.2) is 0 Å². The van der Waals surface area contributed by atoms with Crippen LogP contribution in [0.2, 0.25) is 0 Å². The largest absolute Gasteiger partial charge is 0.377 e. The minimum atomic E-state index is -0.238. The van der Waals surface area contributed by atoms with Crippen LogP contribution in [0.1, 0.15) is 31.2 Å². The molecule has 3 N–H and O–H groups in total. The first-order chi connectivity index (χ1) is 9.09. The number of halogens is 2. The van der Waals surface area contributed by atoms with Crippen molar-refractivity contribution in [3.05, 3.63) is 34.1 Å². The summed E-state index contributed by atoms with van der Waals surface area (Å²) in [6, 6.07) is 4.92. The maximum absolute atomic E-state index is 13.4. The molecular formula is C14H20BrFN2O. The minimum absolute atomic E-state index is 0.00583. The fourth-order valence-electron chi connectivity index (χ4n) is 3.03. The van der Waals surface area contributed by atoms with Crippen LogP contribution in [0, 0.1) is 5.82 Å². The van der Waals surface area contributed by atoms with Crippen LogP contribution in [0.3, 0.4) is 0 Å². The molecule has 1 fully saturated rings. The summed E-state index contributed by atoms with van der Waals surface area (Å²) in [6.45, 7) is 0. The Labute approximate surface area is 121 Å². The van der Waals surface area contributed by atoms with Crippen LogP contribution in [0.4, 0.5) is 4.39 Å². The zero-order valence-electron chi connectivity index (χ0n) is 11.1. The van der Waals surface area contributed by atoms with Gasteiger partial charge in [0.25, 0.3) is 0 Å². The van der Waals surface area contributed by atoms with Crippen molar-refractivity contribution < 1.29 is 9.13 Å². The van der Waals surface area contributed by atoms with E-state index in [-0.39, 0.29) is 17.5 Å². The van der Waals surface area contributed by atoms with Crippen LogP contribution < -0.4 is 11.3 Å². The normalized spacial score (nSPS) is 19.6. The molecule has 1 atom stereocenters. The molecule has 0 aliphatic heterocycles. The monoisotopic (exact) mass is 330 g/mol. The predicted octanol–water partition coefficient (Wildman–Crippen LogP) is 2.92. The highest BCUT2D eigenvalue weighted by molar-refractivity contribution is 9.10. The highest BCUT2D eigenvalue weighted by atomic mass is 79.9. The lowest BCUT2D eigenvalue weighted by Gasteiger charge is -2.36. The second-order valence-electron chi connectivity index (χ2n) is 5.18. The molecule has 0 amide bonds. The summed E-state index contributed by atoms with van der Waals surface area (Å²) in [5.41, 5.74) is 3.55. The number of nitrogens with one attached hydrogen (secondary N) is 1. The molecular weight excluding hydrogens is 311 g/mol. The molecule has 1 aliphatic carbocycles. The summed E-state index contributed by atoms with van der Waals surface area (Å²) in [6.07, 6.45) is 4.95. The Bertz CT molecular complexity index is 415. The second kappa shape index (κ2) is 6.31. The molecule has 0 radical (unpaired) electrons. The van der Waals surface area contributed by atoms with E-state index in [1.807, 2.05) is 6.07 Å². The van der Waals surface area contributed by atoms with E-state index in [0.29, 0.717) is 6.42 Å². The van der Waals surface area contributed by atoms with E-state index >= 15 is 0 Å². The van der Waals surface area contributed by atoms with Crippen molar-refractivity contribution in [2.45, 2.75) is 43.7 Å². The number of ether oxygens (including phenoxy) is 1. The van der Waals surface area contributed by atoms with Gasteiger partial charge in [-0.15, -0.1) is 0 Å². The van der Waals surface area contributed by atoms with Gasteiger partial charge in [-0.1, -0.05) is 28.8 Å². The van der Waals surface area contributed by atoms with Gasteiger partial charge in [-0.25, -0.2) is 4.39 Å². The van der Waals surface area contributed by atoms with Crippen molar-refractivity contribution in [2.75, 3.05) is 7.11 Å². The number of hydrogen-bond donors (Lipinski definition) is 2. The number of hydrazine groups is 1. The molecule has 3 nitrogen and oxygen atoms in total. The van der Waals surface area contributed by atoms with Gasteiger partial charge < -0.3 is 4.74 Å². The number of benzene rings is 1. The van der Waals surface area contributed by atoms with Crippen molar-refractivity contribution in [3.8, 4) is 0 Å². The van der Waals surface area contributed by atoms with Gasteiger partial charge in [-0.05, 0) is 43.0 Å². The van der Waals surface area contributed by atoms with E-state index in [1.54, 1.807) is 13.2 Å². The quantitative estimate of drug-likeness (QED) is 0.644. The minimum Gasteiger partial charge on any atom is -0.377 e. The van der Waals surface area contributed by atoms with E-state index in [9.17, 15) is 4.39 Å². The van der Waals surface area contributed by atoms with E-state index in [0.717, 1.165) is 35.7 Å². The highest BCUT2D eigenvalue weighted by Crippen LogP contribution is 2.36. The van der Waals surface area contributed by atoms with Gasteiger partial charge in [0.1, 0.15) is 5.82 Å². The summed E-state index contributed by atoms with van der Waals surface area (Å²) >= 11 is 3.32. The molecule has 1 saturated carbocycles. The Morgan fingerprint density at radius 1 is 1.42 bits per heavy atom. The third kappa shape index (κ3) is 3.34. The zero-order chi connectivity index (χ0) is 13.9. The zero-order valence-corrected chi connectivity index (χ0v) is 12.7. The fourth-order valence-corrected chi connectivity index (χ4v) is 3.54. The third-order valence-corrected chi connectivity index (χ3v) is 4.51. The molecule has 19 heavy (non-hydrogen) atoms. The molecule has 2 rings (SSSR count). The highest BCUT2D eigenvalue weighted by Gasteiger charge is 2.41. The molecule has 5 heteroatoms. The Kier molecular flexibility index (Phi) is 4.95. The lowest BCUT2D eigenvalue weighted by Crippen LogP contribution is -2.54. The molecule has 0 spiro atoms. The molecule has 1 aliphatic rings. The third-order valence-electron chi connectivity index (χ3n) is 4.05. The molecule has 0 bridgehead atoms. The lowest BCUT2D eigenvalue weighted by atomic mass is 9.88. The molecule has 106 valence electrons. The van der Waals surface area contributed by atoms with Crippen molar-refractivity contribution in [3.63, 3.8) is 0 Å². The average Bonchev–Trinajstić information content (AvgIpc) is 2.84. The van der Waals surface area contributed by atoms with Crippen LogP contribution in [0.5, 0.6) is 0 Å². The van der Waals surface area contributed by atoms with E-state index in [1.165, 1.54) is 6.07 Å². The first kappa shape index (κ1) is 14.9. The van der Waals surface area contributed by atoms with Crippen LogP contribution in [-0.4, -0.2) is 18.8 Å². The maximum Gasteiger partial charge on any atom is 0.124 e. The first-order valence-electron chi connectivity index (χ1n) is 6.56. The summed E-state index contributed by atoms with van der Waals surface area (Å²) in [5.74, 6) is 5.46. The molecule has 0 saturated heterocycles. The van der Waals surface area contributed by atoms with Crippen molar-refractivity contribution in [1.82, 2.24) is 5.43 Å². The second-order valence-corrected chi connectivity index (χ2v) is 6.09. The van der Waals surface area contributed by atoms with Crippen molar-refractivity contribution in [1.29, 1.82) is 0 Å². The first-order valence-corrected chi connectivity index (χ1v) is 7.35. The van der Waals surface area contributed by atoms with Crippen molar-refractivity contribution in [2.24, 2.45) is 5.84 Å². The van der Waals surface area contributed by atoms with Crippen LogP contribution in [-0.2, 0) is 11.2 Å². The maximum atomic E-state index is 13.4. The summed E-state index contributed by atoms with van der Waals surface area (Å²) in [5, 5.41) is 0. The van der Waals surface area contributed by atoms with Crippen LogP contribution >= 0.6 is 15.9 Å². The number of rotatable bonds is 5. The number of hydrogen-bond acceptors (Lipinski definition) is 3. The standard InChI is InChI=1S/C14H20BrFN2O/c1-19-14(4-2-3-5-14)13(18-17)8-10-6-11(15)9-12(16)7-10/h6-7,9,13,18H,2-5,8,17H2,1H3. The van der Waals surface area contributed by atoms with Gasteiger partial charge >= 0.3 is 0 Å². The summed E-state index contributed by atoms with van der Waals surface area (Å²) in [7, 11) is 1.73. The summed E-state index contributed by atoms with van der Waals surface area (Å²) < 4.78 is 19.9. The molecule has 1 aromatic rings. The van der Waals surface area contributed by atoms with Gasteiger partial charge in [-0.3, -0.25) is 11.3 Å². The number of methoxy groups -OCH3 is 1. The molecule has 0 aromatic heterocycles. The molecule has 1 unspecified atom stereocenters. The molecule has 0 heterocycles. The van der Waals surface area contributed by atoms with Gasteiger partial charge in [0, 0.05) is 11.6 Å². The Morgan fingerprint density at radius 3 is 2.63 bits per heavy atom. The van der Waals surface area contributed by atoms with Gasteiger partial charge in [-0.2, -0.15) is 0 Å². The van der Waals surface area contributed by atoms with E-state index < -0.39 is 0 Å². The van der Waals surface area contributed by atoms with Gasteiger partial charge in [0.2, 0.25) is 0 Å². The Hall–Kier alpha value is -0.490. The Balaban J connectivity index is 2.18. The van der Waals surface area contributed by atoms with Crippen molar-refractivity contribution >= 4 is 15.9 Å². The van der Waals surface area contributed by atoms with Crippen LogP contribution in [0.25, 0.3) is 0 Å². The average molecular weight is 331 g/mol. The van der Waals surface area contributed by atoms with Gasteiger partial charge in [0.05, 0.1) is 11.6 Å². The number of nitrogens with two attached hydrogens (primary N) is 1. The molecule has 1 aromatic carbocycles. The Morgan fingerprint density at radius 2 is 2.11 bits per heavy atom. The van der Waals surface area contributed by atoms with E-state index in [2.05, 4.69) is 21.4 Å². The fraction of sp³-hybridized carbons (Fsp3) is 0.571. The van der Waals surface area contributed by atoms with E-state index in [4.69, 9.17) is 10.6 Å². The smallest absolute Gasteiger partial charge is 0.124 e. The summed E-state index contributed by atoms with van der Waals surface area (Å²) in [4.78, 5) is 0. The topological polar surface area (TPSA) is 47.3 Å². The SMILES string of the molecule is COC1(C(Cc2cc(F)cc(Br)c2)NN)CCCC1. The van der Waals surface area contributed by atoms with Crippen LogP contribution in [0.15, 0.2) is 22.7 Å². The predicted molar refractivity (Wildman–Crippen MR) is 77.1 cm³/mol.